The van der Waals surface area contributed by atoms with E-state index in [1.807, 2.05) is 30.3 Å². The van der Waals surface area contributed by atoms with Crippen molar-refractivity contribution in [1.29, 1.82) is 10.5 Å². The summed E-state index contributed by atoms with van der Waals surface area (Å²) in [5.74, 6) is -1.70. The van der Waals surface area contributed by atoms with E-state index in [-0.39, 0.29) is 11.8 Å². The minimum atomic E-state index is -1.51. The van der Waals surface area contributed by atoms with E-state index in [4.69, 9.17) is 15.2 Å². The molecule has 3 atom stereocenters. The van der Waals surface area contributed by atoms with Crippen molar-refractivity contribution in [2.75, 3.05) is 13.2 Å². The maximum absolute atomic E-state index is 10.0. The van der Waals surface area contributed by atoms with Crippen molar-refractivity contribution in [3.63, 3.8) is 0 Å². The van der Waals surface area contributed by atoms with Crippen LogP contribution in [-0.4, -0.2) is 25.0 Å². The normalized spacial score (nSPS) is 32.3. The van der Waals surface area contributed by atoms with Gasteiger partial charge in [0.25, 0.3) is 5.91 Å². The topological polar surface area (TPSA) is 104 Å². The molecule has 1 fully saturated rings. The Morgan fingerprint density at radius 2 is 1.75 bits per heavy atom. The van der Waals surface area contributed by atoms with Crippen LogP contribution in [0.15, 0.2) is 35.3 Å². The monoisotopic (exact) mass is 324 g/mol. The van der Waals surface area contributed by atoms with Crippen LogP contribution in [0, 0.1) is 39.4 Å². The lowest BCUT2D eigenvalue weighted by Gasteiger charge is -2.31. The molecular formula is C18H20N4O2. The third-order valence-electron chi connectivity index (χ3n) is 5.07. The molecule has 3 rings (SSSR count). The van der Waals surface area contributed by atoms with Crippen LogP contribution in [0.25, 0.3) is 0 Å². The lowest BCUT2D eigenvalue weighted by atomic mass is 9.93. The maximum atomic E-state index is 10.0. The summed E-state index contributed by atoms with van der Waals surface area (Å²) in [5, 5.41) is 19.9. The van der Waals surface area contributed by atoms with Gasteiger partial charge in [0.05, 0.1) is 12.1 Å². The predicted octanol–water partition coefficient (Wildman–Crippen LogP) is 1.98. The smallest absolute Gasteiger partial charge is 0.293 e. The third kappa shape index (κ3) is 1.73. The van der Waals surface area contributed by atoms with E-state index in [9.17, 15) is 10.5 Å². The molecule has 6 nitrogen and oxygen atoms in total. The van der Waals surface area contributed by atoms with Crippen molar-refractivity contribution >= 4 is 5.84 Å². The second kappa shape index (κ2) is 5.59. The first-order chi connectivity index (χ1) is 11.6. The number of hydrogen-bond donors (Lipinski definition) is 1. The van der Waals surface area contributed by atoms with Gasteiger partial charge in [0.1, 0.15) is 11.3 Å². The first-order valence-corrected chi connectivity index (χ1v) is 8.08. The van der Waals surface area contributed by atoms with Gasteiger partial charge in [-0.2, -0.15) is 10.5 Å². The van der Waals surface area contributed by atoms with Gasteiger partial charge in [-0.3, -0.25) is 0 Å². The second-order valence-electron chi connectivity index (χ2n) is 6.03. The van der Waals surface area contributed by atoms with E-state index in [1.54, 1.807) is 13.8 Å². The van der Waals surface area contributed by atoms with Gasteiger partial charge in [0.2, 0.25) is 0 Å². The lowest BCUT2D eigenvalue weighted by Crippen LogP contribution is -2.44. The van der Waals surface area contributed by atoms with Crippen molar-refractivity contribution in [1.82, 2.24) is 0 Å². The molecule has 0 radical (unpaired) electrons. The summed E-state index contributed by atoms with van der Waals surface area (Å²) in [5.41, 5.74) is 4.77. The lowest BCUT2D eigenvalue weighted by molar-refractivity contribution is -0.257. The number of nitrogens with zero attached hydrogens (tertiary/aromatic N) is 3. The molecule has 1 heterocycles. The molecule has 24 heavy (non-hydrogen) atoms. The fourth-order valence-electron chi connectivity index (χ4n) is 4.08. The van der Waals surface area contributed by atoms with Gasteiger partial charge in [0, 0.05) is 19.1 Å². The number of benzene rings is 1. The van der Waals surface area contributed by atoms with Crippen LogP contribution in [-0.2, 0) is 15.9 Å². The molecule has 0 saturated heterocycles. The quantitative estimate of drug-likeness (QED) is 0.806. The first kappa shape index (κ1) is 16.4. The SMILES string of the molecule is CCOC1(OCC)N=C(N)[C@@]2(C#N)[C@H](Cc3ccccc3)[C@@]12C#N. The molecular weight excluding hydrogens is 304 g/mol. The second-order valence-corrected chi connectivity index (χ2v) is 6.03. The molecule has 1 aliphatic carbocycles. The fourth-order valence-corrected chi connectivity index (χ4v) is 4.08. The Morgan fingerprint density at radius 1 is 1.12 bits per heavy atom. The van der Waals surface area contributed by atoms with E-state index in [0.29, 0.717) is 19.6 Å². The molecule has 1 aromatic rings. The Bertz CT molecular complexity index is 743. The van der Waals surface area contributed by atoms with Crippen LogP contribution in [0.2, 0.25) is 0 Å². The van der Waals surface area contributed by atoms with Crippen molar-refractivity contribution in [3.05, 3.63) is 35.9 Å². The molecule has 1 saturated carbocycles. The third-order valence-corrected chi connectivity index (χ3v) is 5.07. The Balaban J connectivity index is 2.09. The van der Waals surface area contributed by atoms with Gasteiger partial charge in [-0.25, -0.2) is 4.99 Å². The molecule has 0 bridgehead atoms. The van der Waals surface area contributed by atoms with Crippen LogP contribution in [0.1, 0.15) is 19.4 Å². The molecule has 2 N–H and O–H groups in total. The van der Waals surface area contributed by atoms with Gasteiger partial charge in [-0.15, -0.1) is 0 Å². The highest BCUT2D eigenvalue weighted by Gasteiger charge is 2.93. The van der Waals surface area contributed by atoms with Gasteiger partial charge in [0.15, 0.2) is 5.41 Å². The Labute approximate surface area is 141 Å². The first-order valence-electron chi connectivity index (χ1n) is 8.08. The molecule has 0 amide bonds. The van der Waals surface area contributed by atoms with Crippen molar-refractivity contribution < 1.29 is 9.47 Å². The number of fused-ring (bicyclic) bond motifs is 1. The van der Waals surface area contributed by atoms with Crippen LogP contribution in [0.5, 0.6) is 0 Å². The van der Waals surface area contributed by atoms with Gasteiger partial charge < -0.3 is 15.2 Å². The number of rotatable bonds is 6. The summed E-state index contributed by atoms with van der Waals surface area (Å²) in [4.78, 5) is 4.31. The van der Waals surface area contributed by atoms with E-state index >= 15 is 0 Å². The van der Waals surface area contributed by atoms with Crippen LogP contribution < -0.4 is 5.73 Å². The zero-order chi connectivity index (χ0) is 17.4. The number of amidine groups is 1. The predicted molar refractivity (Wildman–Crippen MR) is 87.3 cm³/mol. The molecule has 0 aromatic heterocycles. The number of ether oxygens (including phenoxy) is 2. The van der Waals surface area contributed by atoms with E-state index in [1.165, 1.54) is 0 Å². The maximum Gasteiger partial charge on any atom is 0.293 e. The number of aliphatic imine (C=N–C) groups is 1. The van der Waals surface area contributed by atoms with Crippen LogP contribution in [0.4, 0.5) is 0 Å². The number of hydrogen-bond acceptors (Lipinski definition) is 6. The number of nitrogens with two attached hydrogens (primary N) is 1. The van der Waals surface area contributed by atoms with Crippen molar-refractivity contribution in [3.8, 4) is 12.1 Å². The zero-order valence-electron chi connectivity index (χ0n) is 13.8. The zero-order valence-corrected chi connectivity index (χ0v) is 13.8. The van der Waals surface area contributed by atoms with E-state index < -0.39 is 16.7 Å². The molecule has 0 unspecified atom stereocenters. The highest BCUT2D eigenvalue weighted by Crippen LogP contribution is 2.78. The standard InChI is InChI=1S/C18H20N4O2/c1-3-23-18(24-4-2)17(12-20)14(10-13-8-6-5-7-9-13)16(17,11-19)15(21)22-18/h5-9,14H,3-4,10H2,1-2H3,(H2,21,22)/t14-,16+,17+/m0/s1. The minimum Gasteiger partial charge on any atom is -0.386 e. The highest BCUT2D eigenvalue weighted by molar-refractivity contribution is 5.98. The molecule has 124 valence electrons. The van der Waals surface area contributed by atoms with Crippen molar-refractivity contribution in [2.24, 2.45) is 27.5 Å². The molecule has 6 heteroatoms. The fraction of sp³-hybridized carbons (Fsp3) is 0.500. The summed E-state index contributed by atoms with van der Waals surface area (Å²) >= 11 is 0. The van der Waals surface area contributed by atoms with Crippen LogP contribution in [0.3, 0.4) is 0 Å². The van der Waals surface area contributed by atoms with E-state index in [2.05, 4.69) is 17.1 Å². The molecule has 0 spiro atoms. The largest absolute Gasteiger partial charge is 0.386 e. The van der Waals surface area contributed by atoms with E-state index in [0.717, 1.165) is 5.56 Å². The Kier molecular flexibility index (Phi) is 3.83. The van der Waals surface area contributed by atoms with Crippen molar-refractivity contribution in [2.45, 2.75) is 26.2 Å². The summed E-state index contributed by atoms with van der Waals surface area (Å²) < 4.78 is 11.6. The minimum absolute atomic E-state index is 0.134. The number of nitriles is 2. The average molecular weight is 324 g/mol. The van der Waals surface area contributed by atoms with Gasteiger partial charge in [-0.1, -0.05) is 30.3 Å². The molecule has 2 aliphatic rings. The Hall–Kier alpha value is -2.41. The highest BCUT2D eigenvalue weighted by atomic mass is 16.7. The summed E-state index contributed by atoms with van der Waals surface area (Å²) in [6, 6.07) is 14.3. The summed E-state index contributed by atoms with van der Waals surface area (Å²) in [6.45, 7) is 4.22. The van der Waals surface area contributed by atoms with Gasteiger partial charge >= 0.3 is 0 Å². The molecule has 1 aromatic carbocycles. The average Bonchev–Trinajstić information content (AvgIpc) is 3.11. The molecule has 1 aliphatic heterocycles. The van der Waals surface area contributed by atoms with Gasteiger partial charge in [-0.05, 0) is 25.8 Å². The Morgan fingerprint density at radius 3 is 2.25 bits per heavy atom. The summed E-state index contributed by atoms with van der Waals surface area (Å²) in [6.07, 6.45) is 0.542. The summed E-state index contributed by atoms with van der Waals surface area (Å²) in [7, 11) is 0. The van der Waals surface area contributed by atoms with Crippen LogP contribution >= 0.6 is 0 Å².